The van der Waals surface area contributed by atoms with Crippen LogP contribution in [0.25, 0.3) is 0 Å². The Morgan fingerprint density at radius 2 is 1.93 bits per heavy atom. The minimum absolute atomic E-state index is 0.472. The van der Waals surface area contributed by atoms with Crippen LogP contribution in [-0.2, 0) is 10.2 Å². The molecule has 0 bridgehead atoms. The van der Waals surface area contributed by atoms with E-state index < -0.39 is 10.2 Å². The second-order valence-corrected chi connectivity index (χ2v) is 5.43. The number of hydrogen-bond donors (Lipinski definition) is 2. The predicted molar refractivity (Wildman–Crippen MR) is 62.7 cm³/mol. The van der Waals surface area contributed by atoms with Crippen molar-refractivity contribution in [3.05, 3.63) is 0 Å². The Morgan fingerprint density at radius 3 is 2.47 bits per heavy atom. The highest BCUT2D eigenvalue weighted by atomic mass is 32.2. The first-order valence-electron chi connectivity index (χ1n) is 5.45. The van der Waals surface area contributed by atoms with Gasteiger partial charge in [-0.05, 0) is 19.4 Å². The summed E-state index contributed by atoms with van der Waals surface area (Å²) in [4.78, 5) is 0. The van der Waals surface area contributed by atoms with E-state index in [4.69, 9.17) is 5.73 Å². The SMILES string of the molecule is CCCCCNS(=O)(=O)N(C)CCCN. The number of rotatable bonds is 9. The summed E-state index contributed by atoms with van der Waals surface area (Å²) in [5.74, 6) is 0. The average Bonchev–Trinajstić information content (AvgIpc) is 2.21. The van der Waals surface area contributed by atoms with Gasteiger partial charge < -0.3 is 5.73 Å². The van der Waals surface area contributed by atoms with E-state index in [0.29, 0.717) is 26.1 Å². The number of nitrogens with two attached hydrogens (primary N) is 1. The number of nitrogens with zero attached hydrogens (tertiary/aromatic N) is 1. The molecule has 0 rings (SSSR count). The third-order valence-electron chi connectivity index (χ3n) is 2.15. The smallest absolute Gasteiger partial charge is 0.279 e. The van der Waals surface area contributed by atoms with Crippen LogP contribution in [0.2, 0.25) is 0 Å². The molecule has 15 heavy (non-hydrogen) atoms. The summed E-state index contributed by atoms with van der Waals surface area (Å²) < 4.78 is 27.0. The molecule has 0 radical (unpaired) electrons. The van der Waals surface area contributed by atoms with Gasteiger partial charge in [0.25, 0.3) is 10.2 Å². The van der Waals surface area contributed by atoms with Crippen molar-refractivity contribution in [2.45, 2.75) is 32.6 Å². The molecule has 0 aromatic rings. The topological polar surface area (TPSA) is 75.4 Å². The van der Waals surface area contributed by atoms with E-state index in [1.165, 1.54) is 4.31 Å². The molecule has 0 aromatic heterocycles. The van der Waals surface area contributed by atoms with Gasteiger partial charge in [-0.15, -0.1) is 0 Å². The molecule has 0 saturated heterocycles. The molecule has 6 heteroatoms. The van der Waals surface area contributed by atoms with Gasteiger partial charge in [-0.3, -0.25) is 0 Å². The Hall–Kier alpha value is -0.170. The number of unbranched alkanes of at least 4 members (excludes halogenated alkanes) is 2. The Bertz CT molecular complexity index is 242. The van der Waals surface area contributed by atoms with Crippen molar-refractivity contribution in [3.8, 4) is 0 Å². The van der Waals surface area contributed by atoms with Gasteiger partial charge in [0.2, 0.25) is 0 Å². The fourth-order valence-electron chi connectivity index (χ4n) is 1.12. The maximum absolute atomic E-state index is 11.6. The molecule has 5 nitrogen and oxygen atoms in total. The highest BCUT2D eigenvalue weighted by molar-refractivity contribution is 7.87. The summed E-state index contributed by atoms with van der Waals surface area (Å²) in [6.45, 7) is 3.58. The van der Waals surface area contributed by atoms with E-state index >= 15 is 0 Å². The molecule has 0 saturated carbocycles. The monoisotopic (exact) mass is 237 g/mol. The molecular formula is C9H23N3O2S. The van der Waals surface area contributed by atoms with Crippen molar-refractivity contribution in [2.75, 3.05) is 26.7 Å². The highest BCUT2D eigenvalue weighted by Gasteiger charge is 2.15. The van der Waals surface area contributed by atoms with Gasteiger partial charge in [0, 0.05) is 20.1 Å². The summed E-state index contributed by atoms with van der Waals surface area (Å²) >= 11 is 0. The summed E-state index contributed by atoms with van der Waals surface area (Å²) in [6.07, 6.45) is 3.71. The maximum atomic E-state index is 11.6. The first kappa shape index (κ1) is 14.8. The van der Waals surface area contributed by atoms with Crippen LogP contribution in [0, 0.1) is 0 Å². The van der Waals surface area contributed by atoms with Crippen LogP contribution < -0.4 is 10.5 Å². The highest BCUT2D eigenvalue weighted by Crippen LogP contribution is 1.97. The van der Waals surface area contributed by atoms with Gasteiger partial charge in [0.15, 0.2) is 0 Å². The van der Waals surface area contributed by atoms with Crippen LogP contribution in [0.15, 0.2) is 0 Å². The van der Waals surface area contributed by atoms with E-state index in [0.717, 1.165) is 19.3 Å². The van der Waals surface area contributed by atoms with Crippen molar-refractivity contribution >= 4 is 10.2 Å². The van der Waals surface area contributed by atoms with E-state index in [1.54, 1.807) is 7.05 Å². The van der Waals surface area contributed by atoms with Crippen LogP contribution in [0.4, 0.5) is 0 Å². The molecule has 0 heterocycles. The van der Waals surface area contributed by atoms with Crippen molar-refractivity contribution in [3.63, 3.8) is 0 Å². The molecule has 0 unspecified atom stereocenters. The lowest BCUT2D eigenvalue weighted by Gasteiger charge is -2.17. The number of hydrogen-bond acceptors (Lipinski definition) is 3. The lowest BCUT2D eigenvalue weighted by atomic mass is 10.3. The molecule has 0 spiro atoms. The summed E-state index contributed by atoms with van der Waals surface area (Å²) in [6, 6.07) is 0. The van der Waals surface area contributed by atoms with Crippen molar-refractivity contribution < 1.29 is 8.42 Å². The fraction of sp³-hybridized carbons (Fsp3) is 1.00. The second kappa shape index (κ2) is 8.04. The molecule has 0 aliphatic carbocycles. The standard InChI is InChI=1S/C9H23N3O2S/c1-3-4-5-8-11-15(13,14)12(2)9-6-7-10/h11H,3-10H2,1-2H3. The molecule has 0 atom stereocenters. The van der Waals surface area contributed by atoms with Crippen molar-refractivity contribution in [2.24, 2.45) is 5.73 Å². The minimum atomic E-state index is -3.29. The van der Waals surface area contributed by atoms with E-state index in [1.807, 2.05) is 0 Å². The zero-order valence-electron chi connectivity index (χ0n) is 9.70. The third-order valence-corrected chi connectivity index (χ3v) is 3.72. The fourth-order valence-corrected chi connectivity index (χ4v) is 2.11. The van der Waals surface area contributed by atoms with Crippen LogP contribution in [0.1, 0.15) is 32.6 Å². The van der Waals surface area contributed by atoms with Crippen LogP contribution in [0.5, 0.6) is 0 Å². The zero-order valence-corrected chi connectivity index (χ0v) is 10.5. The molecule has 0 aliphatic heterocycles. The third kappa shape index (κ3) is 6.83. The van der Waals surface area contributed by atoms with Gasteiger partial charge >= 0.3 is 0 Å². The van der Waals surface area contributed by atoms with Gasteiger partial charge in [-0.2, -0.15) is 12.7 Å². The Kier molecular flexibility index (Phi) is 7.95. The Labute approximate surface area is 93.2 Å². The summed E-state index contributed by atoms with van der Waals surface area (Å²) in [7, 11) is -1.72. The number of nitrogens with one attached hydrogen (secondary N) is 1. The largest absolute Gasteiger partial charge is 0.330 e. The Balaban J connectivity index is 3.84. The lowest BCUT2D eigenvalue weighted by Crippen LogP contribution is -2.39. The van der Waals surface area contributed by atoms with Gasteiger partial charge in [-0.25, -0.2) is 4.72 Å². The first-order chi connectivity index (χ1) is 7.04. The van der Waals surface area contributed by atoms with Gasteiger partial charge in [-0.1, -0.05) is 19.8 Å². The van der Waals surface area contributed by atoms with Crippen LogP contribution >= 0.6 is 0 Å². The molecule has 0 fully saturated rings. The zero-order chi connectivity index (χ0) is 11.7. The van der Waals surface area contributed by atoms with Gasteiger partial charge in [0.05, 0.1) is 0 Å². The van der Waals surface area contributed by atoms with Crippen molar-refractivity contribution in [1.29, 1.82) is 0 Å². The molecule has 0 amide bonds. The summed E-state index contributed by atoms with van der Waals surface area (Å²) in [5, 5.41) is 0. The van der Waals surface area contributed by atoms with E-state index in [2.05, 4.69) is 11.6 Å². The molecule has 0 aromatic carbocycles. The molecule has 92 valence electrons. The normalized spacial score (nSPS) is 12.3. The first-order valence-corrected chi connectivity index (χ1v) is 6.89. The van der Waals surface area contributed by atoms with E-state index in [9.17, 15) is 8.42 Å². The molecular weight excluding hydrogens is 214 g/mol. The van der Waals surface area contributed by atoms with Crippen LogP contribution in [0.3, 0.4) is 0 Å². The quantitative estimate of drug-likeness (QED) is 0.566. The maximum Gasteiger partial charge on any atom is 0.279 e. The molecule has 0 aliphatic rings. The lowest BCUT2D eigenvalue weighted by molar-refractivity contribution is 0.451. The Morgan fingerprint density at radius 1 is 1.27 bits per heavy atom. The van der Waals surface area contributed by atoms with Crippen LogP contribution in [-0.4, -0.2) is 39.4 Å². The van der Waals surface area contributed by atoms with Crippen molar-refractivity contribution in [1.82, 2.24) is 9.03 Å². The minimum Gasteiger partial charge on any atom is -0.330 e. The second-order valence-electron chi connectivity index (χ2n) is 3.57. The van der Waals surface area contributed by atoms with Gasteiger partial charge in [0.1, 0.15) is 0 Å². The predicted octanol–water partition coefficient (Wildman–Crippen LogP) is 0.292. The average molecular weight is 237 g/mol. The molecule has 3 N–H and O–H groups in total. The summed E-state index contributed by atoms with van der Waals surface area (Å²) in [5.41, 5.74) is 5.32. The van der Waals surface area contributed by atoms with E-state index in [-0.39, 0.29) is 0 Å².